The molecule has 0 aliphatic heterocycles. The molecule has 3 rings (SSSR count). The van der Waals surface area contributed by atoms with E-state index in [1.165, 1.54) is 11.5 Å². The fourth-order valence-corrected chi connectivity index (χ4v) is 3.19. The SMILES string of the molecule is CCC(C)Oc1cc(-n2sc3cnccc3c2=O)ccc1OC. The minimum atomic E-state index is -0.0490. The van der Waals surface area contributed by atoms with Crippen LogP contribution < -0.4 is 15.0 Å². The van der Waals surface area contributed by atoms with E-state index in [0.717, 1.165) is 16.8 Å². The number of pyridine rings is 1. The van der Waals surface area contributed by atoms with Crippen LogP contribution >= 0.6 is 11.5 Å². The van der Waals surface area contributed by atoms with Crippen molar-refractivity contribution in [2.75, 3.05) is 7.11 Å². The number of nitrogens with zero attached hydrogens (tertiary/aromatic N) is 2. The molecule has 23 heavy (non-hydrogen) atoms. The summed E-state index contributed by atoms with van der Waals surface area (Å²) in [5.74, 6) is 1.30. The highest BCUT2D eigenvalue weighted by Crippen LogP contribution is 2.31. The van der Waals surface area contributed by atoms with Crippen LogP contribution in [-0.4, -0.2) is 22.2 Å². The van der Waals surface area contributed by atoms with Gasteiger partial charge in [-0.2, -0.15) is 0 Å². The van der Waals surface area contributed by atoms with Crippen molar-refractivity contribution in [2.24, 2.45) is 0 Å². The van der Waals surface area contributed by atoms with Crippen LogP contribution in [0.25, 0.3) is 15.8 Å². The van der Waals surface area contributed by atoms with Crippen molar-refractivity contribution in [2.45, 2.75) is 26.4 Å². The Bertz CT molecular complexity index is 885. The molecule has 5 nitrogen and oxygen atoms in total. The Morgan fingerprint density at radius 3 is 2.83 bits per heavy atom. The van der Waals surface area contributed by atoms with Gasteiger partial charge in [-0.05, 0) is 43.1 Å². The topological polar surface area (TPSA) is 53.4 Å². The number of hydrogen-bond acceptors (Lipinski definition) is 5. The lowest BCUT2D eigenvalue weighted by atomic mass is 10.2. The lowest BCUT2D eigenvalue weighted by molar-refractivity contribution is 0.207. The Kier molecular flexibility index (Phi) is 4.34. The van der Waals surface area contributed by atoms with Gasteiger partial charge in [0, 0.05) is 18.5 Å². The van der Waals surface area contributed by atoms with E-state index in [1.54, 1.807) is 29.5 Å². The van der Waals surface area contributed by atoms with Crippen LogP contribution in [0, 0.1) is 0 Å². The first kappa shape index (κ1) is 15.6. The molecule has 6 heteroatoms. The Labute approximate surface area is 138 Å². The highest BCUT2D eigenvalue weighted by molar-refractivity contribution is 7.14. The zero-order chi connectivity index (χ0) is 16.4. The molecule has 1 atom stereocenters. The fourth-order valence-electron chi connectivity index (χ4n) is 2.23. The third kappa shape index (κ3) is 2.94. The summed E-state index contributed by atoms with van der Waals surface area (Å²) in [5, 5.41) is 0.671. The van der Waals surface area contributed by atoms with E-state index in [-0.39, 0.29) is 11.7 Å². The van der Waals surface area contributed by atoms with Crippen molar-refractivity contribution in [3.63, 3.8) is 0 Å². The summed E-state index contributed by atoms with van der Waals surface area (Å²) in [6, 6.07) is 7.26. The van der Waals surface area contributed by atoms with Gasteiger partial charge in [0.05, 0.1) is 29.0 Å². The Balaban J connectivity index is 2.10. The molecule has 0 saturated heterocycles. The van der Waals surface area contributed by atoms with E-state index in [9.17, 15) is 4.79 Å². The van der Waals surface area contributed by atoms with Crippen LogP contribution in [-0.2, 0) is 0 Å². The summed E-state index contributed by atoms with van der Waals surface area (Å²) < 4.78 is 13.8. The van der Waals surface area contributed by atoms with E-state index in [1.807, 2.05) is 25.1 Å². The monoisotopic (exact) mass is 330 g/mol. The van der Waals surface area contributed by atoms with Gasteiger partial charge in [0.15, 0.2) is 11.5 Å². The summed E-state index contributed by atoms with van der Waals surface area (Å²) in [4.78, 5) is 16.6. The van der Waals surface area contributed by atoms with Crippen molar-refractivity contribution < 1.29 is 9.47 Å². The summed E-state index contributed by atoms with van der Waals surface area (Å²) in [7, 11) is 1.61. The van der Waals surface area contributed by atoms with Gasteiger partial charge in [-0.3, -0.25) is 9.78 Å². The molecule has 0 fully saturated rings. The molecule has 0 aliphatic rings. The predicted molar refractivity (Wildman–Crippen MR) is 92.2 cm³/mol. The molecule has 0 aliphatic carbocycles. The van der Waals surface area contributed by atoms with Gasteiger partial charge in [-0.15, -0.1) is 0 Å². The molecule has 3 aromatic rings. The number of fused-ring (bicyclic) bond motifs is 1. The number of hydrogen-bond donors (Lipinski definition) is 0. The number of rotatable bonds is 5. The molecular weight excluding hydrogens is 312 g/mol. The highest BCUT2D eigenvalue weighted by atomic mass is 32.1. The van der Waals surface area contributed by atoms with Gasteiger partial charge in [-0.1, -0.05) is 6.92 Å². The average Bonchev–Trinajstić information content (AvgIpc) is 2.92. The van der Waals surface area contributed by atoms with Gasteiger partial charge < -0.3 is 9.47 Å². The Morgan fingerprint density at radius 1 is 1.30 bits per heavy atom. The van der Waals surface area contributed by atoms with E-state index >= 15 is 0 Å². The van der Waals surface area contributed by atoms with E-state index in [0.29, 0.717) is 16.9 Å². The van der Waals surface area contributed by atoms with Gasteiger partial charge in [-0.25, -0.2) is 3.96 Å². The third-order valence-electron chi connectivity index (χ3n) is 3.67. The molecule has 0 radical (unpaired) electrons. The molecule has 0 amide bonds. The zero-order valence-corrected chi connectivity index (χ0v) is 14.1. The van der Waals surface area contributed by atoms with Crippen LogP contribution in [0.15, 0.2) is 41.5 Å². The quantitative estimate of drug-likeness (QED) is 0.717. The van der Waals surface area contributed by atoms with Gasteiger partial charge in [0.25, 0.3) is 5.56 Å². The minimum absolute atomic E-state index is 0.0490. The van der Waals surface area contributed by atoms with Crippen molar-refractivity contribution in [3.8, 4) is 17.2 Å². The maximum Gasteiger partial charge on any atom is 0.273 e. The molecule has 0 N–H and O–H groups in total. The number of methoxy groups -OCH3 is 1. The molecule has 120 valence electrons. The molecule has 0 bridgehead atoms. The standard InChI is InChI=1S/C17H18N2O3S/c1-4-11(2)22-15-9-12(5-6-14(15)21-3)19-17(20)13-7-8-18-10-16(13)23-19/h5-11H,4H2,1-3H3. The molecular formula is C17H18N2O3S. The summed E-state index contributed by atoms with van der Waals surface area (Å²) in [6.45, 7) is 4.06. The molecule has 1 unspecified atom stereocenters. The molecule has 1 aromatic carbocycles. The first-order valence-electron chi connectivity index (χ1n) is 7.45. The maximum absolute atomic E-state index is 12.5. The van der Waals surface area contributed by atoms with Gasteiger partial charge in [0.1, 0.15) is 0 Å². The second-order valence-electron chi connectivity index (χ2n) is 5.23. The van der Waals surface area contributed by atoms with E-state index < -0.39 is 0 Å². The number of ether oxygens (including phenoxy) is 2. The normalized spacial score (nSPS) is 12.3. The van der Waals surface area contributed by atoms with Crippen LogP contribution in [0.3, 0.4) is 0 Å². The van der Waals surface area contributed by atoms with Crippen molar-refractivity contribution >= 4 is 21.6 Å². The molecule has 2 heterocycles. The van der Waals surface area contributed by atoms with E-state index in [2.05, 4.69) is 11.9 Å². The number of aromatic nitrogens is 2. The molecule has 0 saturated carbocycles. The highest BCUT2D eigenvalue weighted by Gasteiger charge is 2.13. The minimum Gasteiger partial charge on any atom is -0.493 e. The maximum atomic E-state index is 12.5. The predicted octanol–water partition coefficient (Wildman–Crippen LogP) is 3.63. The second-order valence-corrected chi connectivity index (χ2v) is 6.22. The summed E-state index contributed by atoms with van der Waals surface area (Å²) in [6.07, 6.45) is 4.30. The average molecular weight is 330 g/mol. The van der Waals surface area contributed by atoms with Crippen LogP contribution in [0.5, 0.6) is 11.5 Å². The number of benzene rings is 1. The lowest BCUT2D eigenvalue weighted by Gasteiger charge is -2.16. The zero-order valence-electron chi connectivity index (χ0n) is 13.3. The van der Waals surface area contributed by atoms with Crippen molar-refractivity contribution in [1.82, 2.24) is 8.94 Å². The van der Waals surface area contributed by atoms with Crippen molar-refractivity contribution in [3.05, 3.63) is 47.0 Å². The third-order valence-corrected chi connectivity index (χ3v) is 4.76. The van der Waals surface area contributed by atoms with Gasteiger partial charge >= 0.3 is 0 Å². The van der Waals surface area contributed by atoms with E-state index in [4.69, 9.17) is 9.47 Å². The lowest BCUT2D eigenvalue weighted by Crippen LogP contribution is -2.13. The fraction of sp³-hybridized carbons (Fsp3) is 0.294. The van der Waals surface area contributed by atoms with Crippen molar-refractivity contribution in [1.29, 1.82) is 0 Å². The molecule has 2 aromatic heterocycles. The van der Waals surface area contributed by atoms with Crippen LogP contribution in [0.1, 0.15) is 20.3 Å². The van der Waals surface area contributed by atoms with Crippen LogP contribution in [0.4, 0.5) is 0 Å². The summed E-state index contributed by atoms with van der Waals surface area (Å²) in [5.41, 5.74) is 0.711. The van der Waals surface area contributed by atoms with Gasteiger partial charge in [0.2, 0.25) is 0 Å². The summed E-state index contributed by atoms with van der Waals surface area (Å²) >= 11 is 1.37. The second kappa shape index (κ2) is 6.42. The molecule has 0 spiro atoms. The first-order valence-corrected chi connectivity index (χ1v) is 8.22. The Hall–Kier alpha value is -2.34. The largest absolute Gasteiger partial charge is 0.493 e. The Morgan fingerprint density at radius 2 is 2.13 bits per heavy atom. The first-order chi connectivity index (χ1) is 11.1. The smallest absolute Gasteiger partial charge is 0.273 e. The van der Waals surface area contributed by atoms with Crippen LogP contribution in [0.2, 0.25) is 0 Å².